The van der Waals surface area contributed by atoms with Crippen molar-refractivity contribution in [3.05, 3.63) is 22.8 Å². The molecule has 2 N–H and O–H groups in total. The predicted octanol–water partition coefficient (Wildman–Crippen LogP) is 2.50. The molecule has 108 valence electrons. The van der Waals surface area contributed by atoms with Gasteiger partial charge in [0.15, 0.2) is 5.13 Å². The molecule has 0 unspecified atom stereocenters. The van der Waals surface area contributed by atoms with Gasteiger partial charge in [-0.3, -0.25) is 0 Å². The zero-order chi connectivity index (χ0) is 14.0. The summed E-state index contributed by atoms with van der Waals surface area (Å²) in [4.78, 5) is 8.71. The molecule has 2 heterocycles. The Hall–Kier alpha value is -1.47. The van der Waals surface area contributed by atoms with Crippen LogP contribution in [0.2, 0.25) is 0 Å². The van der Waals surface area contributed by atoms with E-state index < -0.39 is 0 Å². The highest BCUT2D eigenvalue weighted by molar-refractivity contribution is 7.13. The van der Waals surface area contributed by atoms with Crippen LogP contribution < -0.4 is 5.73 Å². The van der Waals surface area contributed by atoms with Crippen LogP contribution in [0, 0.1) is 0 Å². The SMILES string of the molecule is COC1(c2noc(Cc3csc(N)n3)n2)CCCCC1. The number of nitrogens with zero attached hydrogens (tertiary/aromatic N) is 3. The van der Waals surface area contributed by atoms with E-state index in [4.69, 9.17) is 15.0 Å². The van der Waals surface area contributed by atoms with Crippen LogP contribution in [0.25, 0.3) is 0 Å². The fraction of sp³-hybridized carbons (Fsp3) is 0.615. The lowest BCUT2D eigenvalue weighted by atomic mass is 9.84. The minimum atomic E-state index is -0.374. The Bertz CT molecular complexity index is 574. The molecule has 2 aromatic rings. The molecule has 2 aromatic heterocycles. The number of nitrogen functional groups attached to an aromatic ring is 1. The number of rotatable bonds is 4. The van der Waals surface area contributed by atoms with E-state index in [0.29, 0.717) is 23.3 Å². The first-order valence-electron chi connectivity index (χ1n) is 6.80. The quantitative estimate of drug-likeness (QED) is 0.932. The van der Waals surface area contributed by atoms with Crippen molar-refractivity contribution in [1.82, 2.24) is 15.1 Å². The number of thiazole rings is 1. The second-order valence-electron chi connectivity index (χ2n) is 5.12. The van der Waals surface area contributed by atoms with E-state index in [1.165, 1.54) is 17.8 Å². The molecule has 1 saturated carbocycles. The maximum absolute atomic E-state index is 5.71. The van der Waals surface area contributed by atoms with Crippen molar-refractivity contribution in [2.45, 2.75) is 44.1 Å². The molecule has 0 atom stereocenters. The first-order chi connectivity index (χ1) is 9.72. The Balaban J connectivity index is 1.78. The van der Waals surface area contributed by atoms with Crippen molar-refractivity contribution >= 4 is 16.5 Å². The molecule has 6 nitrogen and oxygen atoms in total. The lowest BCUT2D eigenvalue weighted by Gasteiger charge is -2.32. The fourth-order valence-electron chi connectivity index (χ4n) is 2.71. The van der Waals surface area contributed by atoms with Gasteiger partial charge in [-0.05, 0) is 12.8 Å². The molecule has 0 spiro atoms. The number of ether oxygens (including phenoxy) is 1. The summed E-state index contributed by atoms with van der Waals surface area (Å²) >= 11 is 1.41. The lowest BCUT2D eigenvalue weighted by Crippen LogP contribution is -2.32. The van der Waals surface area contributed by atoms with Gasteiger partial charge < -0.3 is 15.0 Å². The highest BCUT2D eigenvalue weighted by Gasteiger charge is 2.38. The molecule has 20 heavy (non-hydrogen) atoms. The highest BCUT2D eigenvalue weighted by atomic mass is 32.1. The lowest BCUT2D eigenvalue weighted by molar-refractivity contribution is -0.0527. The van der Waals surface area contributed by atoms with Crippen LogP contribution >= 0.6 is 11.3 Å². The van der Waals surface area contributed by atoms with Gasteiger partial charge in [-0.15, -0.1) is 11.3 Å². The maximum atomic E-state index is 5.71. The van der Waals surface area contributed by atoms with Crippen LogP contribution in [-0.4, -0.2) is 22.2 Å². The molecule has 1 aliphatic carbocycles. The number of methoxy groups -OCH3 is 1. The van der Waals surface area contributed by atoms with Gasteiger partial charge in [0.05, 0.1) is 12.1 Å². The van der Waals surface area contributed by atoms with E-state index >= 15 is 0 Å². The second kappa shape index (κ2) is 5.49. The van der Waals surface area contributed by atoms with Crippen molar-refractivity contribution < 1.29 is 9.26 Å². The average Bonchev–Trinajstić information content (AvgIpc) is 3.10. The fourth-order valence-corrected chi connectivity index (χ4v) is 3.28. The van der Waals surface area contributed by atoms with Crippen LogP contribution in [0.4, 0.5) is 5.13 Å². The van der Waals surface area contributed by atoms with E-state index in [1.54, 1.807) is 7.11 Å². The number of aromatic nitrogens is 3. The predicted molar refractivity (Wildman–Crippen MR) is 75.4 cm³/mol. The number of hydrogen-bond acceptors (Lipinski definition) is 7. The summed E-state index contributed by atoms with van der Waals surface area (Å²) in [5, 5.41) is 6.58. The highest BCUT2D eigenvalue weighted by Crippen LogP contribution is 2.38. The molecule has 3 rings (SSSR count). The van der Waals surface area contributed by atoms with E-state index in [9.17, 15) is 0 Å². The Morgan fingerprint density at radius 3 is 2.80 bits per heavy atom. The third kappa shape index (κ3) is 2.55. The van der Waals surface area contributed by atoms with Crippen molar-refractivity contribution in [1.29, 1.82) is 0 Å². The first kappa shape index (κ1) is 13.5. The van der Waals surface area contributed by atoms with Crippen molar-refractivity contribution in [3.63, 3.8) is 0 Å². The third-order valence-electron chi connectivity index (χ3n) is 3.83. The van der Waals surface area contributed by atoms with Crippen molar-refractivity contribution in [3.8, 4) is 0 Å². The van der Waals surface area contributed by atoms with Gasteiger partial charge in [0.1, 0.15) is 5.60 Å². The van der Waals surface area contributed by atoms with Crippen LogP contribution in [0.3, 0.4) is 0 Å². The molecule has 0 radical (unpaired) electrons. The number of anilines is 1. The molecular formula is C13H18N4O2S. The van der Waals surface area contributed by atoms with Crippen LogP contribution in [-0.2, 0) is 16.8 Å². The summed E-state index contributed by atoms with van der Waals surface area (Å²) in [7, 11) is 1.72. The van der Waals surface area contributed by atoms with E-state index in [-0.39, 0.29) is 5.60 Å². The van der Waals surface area contributed by atoms with Crippen LogP contribution in [0.1, 0.15) is 49.5 Å². The molecule has 0 amide bonds. The molecule has 0 aromatic carbocycles. The summed E-state index contributed by atoms with van der Waals surface area (Å²) in [5.74, 6) is 1.23. The molecule has 0 saturated heterocycles. The van der Waals surface area contributed by atoms with Gasteiger partial charge in [0.2, 0.25) is 11.7 Å². The summed E-state index contributed by atoms with van der Waals surface area (Å²) in [6.45, 7) is 0. The topological polar surface area (TPSA) is 87.1 Å². The van der Waals surface area contributed by atoms with E-state index in [1.807, 2.05) is 5.38 Å². The summed E-state index contributed by atoms with van der Waals surface area (Å²) in [5.41, 5.74) is 6.10. The average molecular weight is 294 g/mol. The van der Waals surface area contributed by atoms with Crippen LogP contribution in [0.5, 0.6) is 0 Å². The minimum absolute atomic E-state index is 0.374. The molecule has 1 fully saturated rings. The van der Waals surface area contributed by atoms with Gasteiger partial charge >= 0.3 is 0 Å². The zero-order valence-electron chi connectivity index (χ0n) is 11.5. The summed E-state index contributed by atoms with van der Waals surface area (Å²) in [6, 6.07) is 0. The van der Waals surface area contributed by atoms with Gasteiger partial charge in [0, 0.05) is 12.5 Å². The Kier molecular flexibility index (Phi) is 3.71. The maximum Gasteiger partial charge on any atom is 0.232 e. The summed E-state index contributed by atoms with van der Waals surface area (Å²) in [6.07, 6.45) is 5.94. The Morgan fingerprint density at radius 1 is 1.35 bits per heavy atom. The second-order valence-corrected chi connectivity index (χ2v) is 6.01. The normalized spacial score (nSPS) is 18.2. The van der Waals surface area contributed by atoms with Gasteiger partial charge in [-0.25, -0.2) is 4.98 Å². The van der Waals surface area contributed by atoms with E-state index in [0.717, 1.165) is 31.4 Å². The third-order valence-corrected chi connectivity index (χ3v) is 4.55. The molecule has 1 aliphatic rings. The molecule has 0 aliphatic heterocycles. The monoisotopic (exact) mass is 294 g/mol. The smallest absolute Gasteiger partial charge is 0.232 e. The van der Waals surface area contributed by atoms with Gasteiger partial charge in [-0.1, -0.05) is 24.4 Å². The van der Waals surface area contributed by atoms with Gasteiger partial charge in [0.25, 0.3) is 0 Å². The van der Waals surface area contributed by atoms with Crippen molar-refractivity contribution in [2.75, 3.05) is 12.8 Å². The molecule has 0 bridgehead atoms. The number of nitrogens with two attached hydrogens (primary N) is 1. The molecule has 7 heteroatoms. The standard InChI is InChI=1S/C13H18N4O2S/c1-18-13(5-3-2-4-6-13)11-16-10(19-17-11)7-9-8-20-12(14)15-9/h8H,2-7H2,1H3,(H2,14,15). The Morgan fingerprint density at radius 2 is 2.15 bits per heavy atom. The molecular weight excluding hydrogens is 276 g/mol. The first-order valence-corrected chi connectivity index (χ1v) is 7.68. The minimum Gasteiger partial charge on any atom is -0.375 e. The van der Waals surface area contributed by atoms with Gasteiger partial charge in [-0.2, -0.15) is 4.98 Å². The van der Waals surface area contributed by atoms with Crippen molar-refractivity contribution in [2.24, 2.45) is 0 Å². The van der Waals surface area contributed by atoms with Crippen LogP contribution in [0.15, 0.2) is 9.90 Å². The van der Waals surface area contributed by atoms with E-state index in [2.05, 4.69) is 15.1 Å². The number of hydrogen-bond donors (Lipinski definition) is 1. The summed E-state index contributed by atoms with van der Waals surface area (Å²) < 4.78 is 11.1. The zero-order valence-corrected chi connectivity index (χ0v) is 12.3. The Labute approximate surface area is 121 Å². The largest absolute Gasteiger partial charge is 0.375 e.